The molecule has 4 heteroatoms. The molecule has 0 aliphatic heterocycles. The number of aromatic hydroxyl groups is 2. The number of hydrogen-bond acceptors (Lipinski definition) is 3. The average Bonchev–Trinajstić information content (AvgIpc) is 2.98. The largest absolute Gasteiger partial charge is 0.872 e. The molecule has 0 unspecified atom stereocenters. The Labute approximate surface area is 264 Å². The van der Waals surface area contributed by atoms with Crippen molar-refractivity contribution in [1.82, 2.24) is 0 Å². The Balaban J connectivity index is 0.000000332. The molecule has 0 spiro atoms. The van der Waals surface area contributed by atoms with Crippen LogP contribution in [0.15, 0.2) is 48.5 Å². The van der Waals surface area contributed by atoms with Gasteiger partial charge in [-0.3, -0.25) is 0 Å². The van der Waals surface area contributed by atoms with Gasteiger partial charge in [-0.2, -0.15) is 0 Å². The van der Waals surface area contributed by atoms with E-state index in [-0.39, 0.29) is 17.2 Å². The highest BCUT2D eigenvalue weighted by atomic mass is 31.2. The monoisotopic (exact) mass is 606 g/mol. The number of phenolic OH excluding ortho intramolecular Hbond substituents is 2. The van der Waals surface area contributed by atoms with Gasteiger partial charge >= 0.3 is 0 Å². The summed E-state index contributed by atoms with van der Waals surface area (Å²) < 4.78 is 0. The lowest BCUT2D eigenvalue weighted by Gasteiger charge is -2.28. The van der Waals surface area contributed by atoms with Gasteiger partial charge in [-0.1, -0.05) is 118 Å². The minimum absolute atomic E-state index is 0.0302. The first-order valence-corrected chi connectivity index (χ1v) is 19.3. The Hall–Kier alpha value is -2.51. The number of phenols is 2. The molecule has 0 aliphatic carbocycles. The Morgan fingerprint density at radius 3 is 1.16 bits per heavy atom. The van der Waals surface area contributed by atoms with Crippen LogP contribution in [0.1, 0.15) is 118 Å². The Bertz CT molecular complexity index is 1140. The molecule has 0 heterocycles. The van der Waals surface area contributed by atoms with Gasteiger partial charge in [-0.15, -0.1) is 5.75 Å². The molecule has 0 saturated heterocycles. The second kappa shape index (κ2) is 19.0. The van der Waals surface area contributed by atoms with E-state index in [1.807, 2.05) is 57.2 Å². The zero-order chi connectivity index (χ0) is 31.8. The predicted molar refractivity (Wildman–Crippen MR) is 188 cm³/mol. The van der Waals surface area contributed by atoms with Gasteiger partial charge in [0.15, 0.2) is 0 Å². The van der Waals surface area contributed by atoms with Crippen LogP contribution in [0, 0.1) is 20.8 Å². The van der Waals surface area contributed by atoms with Crippen molar-refractivity contribution < 1.29 is 15.3 Å². The Kier molecular flexibility index (Phi) is 16.2. The van der Waals surface area contributed by atoms with E-state index >= 15 is 0 Å². The quantitative estimate of drug-likeness (QED) is 0.159. The van der Waals surface area contributed by atoms with Crippen LogP contribution in [0.3, 0.4) is 0 Å². The van der Waals surface area contributed by atoms with E-state index in [4.69, 9.17) is 0 Å². The van der Waals surface area contributed by atoms with E-state index in [0.717, 1.165) is 27.8 Å². The van der Waals surface area contributed by atoms with Gasteiger partial charge < -0.3 is 15.3 Å². The maximum absolute atomic E-state index is 13.0. The number of benzene rings is 3. The molecule has 43 heavy (non-hydrogen) atoms. The zero-order valence-electron chi connectivity index (χ0n) is 28.3. The van der Waals surface area contributed by atoms with Crippen LogP contribution in [-0.2, 0) is 12.8 Å². The van der Waals surface area contributed by atoms with Crippen LogP contribution < -0.4 is 5.11 Å². The molecule has 2 N–H and O–H groups in total. The van der Waals surface area contributed by atoms with Crippen molar-refractivity contribution in [1.29, 1.82) is 0 Å². The first-order chi connectivity index (χ1) is 20.6. The molecule has 3 nitrogen and oxygen atoms in total. The summed E-state index contributed by atoms with van der Waals surface area (Å²) in [5, 5.41) is 33.1. The fraction of sp³-hybridized carbons (Fsp3) is 0.538. The molecule has 0 amide bonds. The summed E-state index contributed by atoms with van der Waals surface area (Å²) >= 11 is 0. The molecule has 3 aromatic carbocycles. The Morgan fingerprint density at radius 2 is 0.837 bits per heavy atom. The van der Waals surface area contributed by atoms with Crippen molar-refractivity contribution >= 4 is 7.26 Å². The van der Waals surface area contributed by atoms with E-state index in [1.165, 1.54) is 51.4 Å². The van der Waals surface area contributed by atoms with E-state index < -0.39 is 7.26 Å². The molecular weight excluding hydrogens is 547 g/mol. The summed E-state index contributed by atoms with van der Waals surface area (Å²) in [6.07, 6.45) is 18.7. The second-order valence-electron chi connectivity index (χ2n) is 12.7. The van der Waals surface area contributed by atoms with E-state index in [2.05, 4.69) is 27.7 Å². The predicted octanol–water partition coefficient (Wildman–Crippen LogP) is 10.5. The maximum Gasteiger partial charge on any atom is 0.119 e. The Morgan fingerprint density at radius 1 is 0.512 bits per heavy atom. The van der Waals surface area contributed by atoms with Crippen LogP contribution in [-0.4, -0.2) is 34.9 Å². The van der Waals surface area contributed by atoms with Gasteiger partial charge in [0, 0.05) is 20.1 Å². The van der Waals surface area contributed by atoms with E-state index in [1.54, 1.807) is 36.8 Å². The molecular formula is C39H59O3P. The van der Waals surface area contributed by atoms with Crippen LogP contribution in [0.25, 0.3) is 0 Å². The molecule has 0 radical (unpaired) electrons. The van der Waals surface area contributed by atoms with Gasteiger partial charge in [-0.05, 0) is 69.7 Å². The number of aryl methyl sites for hydroxylation is 3. The lowest BCUT2D eigenvalue weighted by Crippen LogP contribution is -2.12. The van der Waals surface area contributed by atoms with Gasteiger partial charge in [0.1, 0.15) is 11.5 Å². The molecule has 0 atom stereocenters. The topological polar surface area (TPSA) is 63.5 Å². The lowest BCUT2D eigenvalue weighted by molar-refractivity contribution is -0.270. The number of rotatable bonds is 16. The third kappa shape index (κ3) is 12.2. The van der Waals surface area contributed by atoms with E-state index in [9.17, 15) is 15.3 Å². The lowest BCUT2D eigenvalue weighted by atomic mass is 9.94. The smallest absolute Gasteiger partial charge is 0.119 e. The highest BCUT2D eigenvalue weighted by Gasteiger charge is 2.34. The van der Waals surface area contributed by atoms with Crippen molar-refractivity contribution in [2.75, 3.05) is 24.6 Å². The summed E-state index contributed by atoms with van der Waals surface area (Å²) in [5.74, 6) is 0.376. The summed E-state index contributed by atoms with van der Waals surface area (Å²) in [5.41, 5.74) is 5.90. The standard InChI is InChI=1S/C23H24O3.C16H36P/c1-14-4-6-21(24)17(8-14)12-19-10-16(3)11-20(23(19)26)13-18-9-15(2)5-7-22(18)25;1-5-9-13-17(14-10-6-2,15-11-7-3)16-12-8-4/h4-11,24-26H,12-13H2,1-3H3;5-16H2,1-4H3/q;+1/p-1. The molecule has 0 bridgehead atoms. The normalized spacial score (nSPS) is 11.3. The minimum atomic E-state index is -0.562. The van der Waals surface area contributed by atoms with Crippen molar-refractivity contribution in [2.24, 2.45) is 0 Å². The van der Waals surface area contributed by atoms with Crippen molar-refractivity contribution in [3.05, 3.63) is 87.5 Å². The van der Waals surface area contributed by atoms with Crippen LogP contribution in [0.4, 0.5) is 0 Å². The first kappa shape index (κ1) is 36.7. The van der Waals surface area contributed by atoms with Crippen molar-refractivity contribution in [2.45, 2.75) is 113 Å². The minimum Gasteiger partial charge on any atom is -0.872 e. The fourth-order valence-electron chi connectivity index (χ4n) is 5.96. The van der Waals surface area contributed by atoms with Crippen molar-refractivity contribution in [3.63, 3.8) is 0 Å². The van der Waals surface area contributed by atoms with Crippen molar-refractivity contribution in [3.8, 4) is 17.2 Å². The molecule has 0 saturated carbocycles. The van der Waals surface area contributed by atoms with Gasteiger partial charge in [-0.25, -0.2) is 0 Å². The maximum atomic E-state index is 13.0. The second-order valence-corrected chi connectivity index (χ2v) is 17.2. The third-order valence-corrected chi connectivity index (χ3v) is 13.6. The molecule has 0 aliphatic rings. The number of unbranched alkanes of at least 4 members (excludes halogenated alkanes) is 4. The molecule has 0 aromatic heterocycles. The SMILES string of the molecule is CCCC[P+](CCCC)(CCCC)CCCC.Cc1ccc(O)c(Cc2cc(C)cc(Cc3cc(C)ccc3O)c2[O-])c1. The highest BCUT2D eigenvalue weighted by Crippen LogP contribution is 2.61. The summed E-state index contributed by atoms with van der Waals surface area (Å²) in [6, 6.07) is 14.6. The van der Waals surface area contributed by atoms with Gasteiger partial charge in [0.2, 0.25) is 0 Å². The fourth-order valence-corrected chi connectivity index (χ4v) is 11.2. The molecule has 3 rings (SSSR count). The molecule has 0 fully saturated rings. The zero-order valence-corrected chi connectivity index (χ0v) is 29.2. The average molecular weight is 607 g/mol. The van der Waals surface area contributed by atoms with Gasteiger partial charge in [0.25, 0.3) is 0 Å². The van der Waals surface area contributed by atoms with Crippen LogP contribution in [0.2, 0.25) is 0 Å². The third-order valence-electron chi connectivity index (χ3n) is 8.56. The van der Waals surface area contributed by atoms with E-state index in [0.29, 0.717) is 24.0 Å². The molecule has 3 aromatic rings. The summed E-state index contributed by atoms with van der Waals surface area (Å²) in [7, 11) is -0.562. The first-order valence-electron chi connectivity index (χ1n) is 16.8. The number of hydrogen-bond donors (Lipinski definition) is 2. The van der Waals surface area contributed by atoms with Gasteiger partial charge in [0.05, 0.1) is 24.6 Å². The molecule has 238 valence electrons. The summed E-state index contributed by atoms with van der Waals surface area (Å²) in [6.45, 7) is 15.3. The van der Waals surface area contributed by atoms with Crippen LogP contribution >= 0.6 is 7.26 Å². The highest BCUT2D eigenvalue weighted by molar-refractivity contribution is 7.75. The van der Waals surface area contributed by atoms with Crippen LogP contribution in [0.5, 0.6) is 17.2 Å². The summed E-state index contributed by atoms with van der Waals surface area (Å²) in [4.78, 5) is 0.